The quantitative estimate of drug-likeness (QED) is 0.339. The molecule has 222 valence electrons. The van der Waals surface area contributed by atoms with Crippen LogP contribution in [0, 0.1) is 17.1 Å². The van der Waals surface area contributed by atoms with Crippen LogP contribution in [0.3, 0.4) is 0 Å². The predicted octanol–water partition coefficient (Wildman–Crippen LogP) is 6.34. The summed E-state index contributed by atoms with van der Waals surface area (Å²) in [5.41, 5.74) is 3.11. The summed E-state index contributed by atoms with van der Waals surface area (Å²) in [6.45, 7) is 10.6. The Hall–Kier alpha value is -3.49. The molecule has 2 aliphatic heterocycles. The highest BCUT2D eigenvalue weighted by molar-refractivity contribution is 7.16. The molecule has 2 saturated heterocycles. The molecule has 11 heteroatoms. The number of ether oxygens (including phenoxy) is 2. The number of fused-ring (bicyclic) bond motifs is 1. The Morgan fingerprint density at radius 3 is 2.57 bits per heavy atom. The Bertz CT molecular complexity index is 1530. The molecule has 3 fully saturated rings. The summed E-state index contributed by atoms with van der Waals surface area (Å²) in [5.74, 6) is 0.168. The lowest BCUT2D eigenvalue weighted by Crippen LogP contribution is -2.60. The van der Waals surface area contributed by atoms with E-state index in [1.807, 2.05) is 38.7 Å². The molecular formula is C31H37FN6O3S. The fourth-order valence-corrected chi connectivity index (χ4v) is 6.72. The number of hydrogen-bond acceptors (Lipinski definition) is 9. The number of carbonyl (C=O) groups is 1. The standard InChI is InChI=1S/C31H37FN6O3S/c1-5-38(29-36-27(26(15-33)42-29)19-8-10-40-11-9-19)25-14-24(18-6-7-18)35-28-22(25)12-21(13-23(28)32)37-16-20(17-37)34-30(39)41-31(2,3)4/h12-14,18-20H,5-11,16-17H2,1-4H3,(H,34,39). The van der Waals surface area contributed by atoms with Gasteiger partial charge < -0.3 is 24.6 Å². The van der Waals surface area contributed by atoms with Gasteiger partial charge in [-0.1, -0.05) is 11.3 Å². The molecule has 0 atom stereocenters. The van der Waals surface area contributed by atoms with Gasteiger partial charge in [0.25, 0.3) is 0 Å². The highest BCUT2D eigenvalue weighted by Gasteiger charge is 2.33. The van der Waals surface area contributed by atoms with Crippen LogP contribution < -0.4 is 15.1 Å². The van der Waals surface area contributed by atoms with Crippen molar-refractivity contribution in [1.29, 1.82) is 5.26 Å². The first-order chi connectivity index (χ1) is 20.1. The van der Waals surface area contributed by atoms with Crippen molar-refractivity contribution >= 4 is 44.8 Å². The third-order valence-corrected chi connectivity index (χ3v) is 9.00. The van der Waals surface area contributed by atoms with Gasteiger partial charge in [0, 0.05) is 61.5 Å². The molecule has 1 aromatic carbocycles. The summed E-state index contributed by atoms with van der Waals surface area (Å²) in [6.07, 6.45) is 3.35. The molecule has 4 heterocycles. The molecule has 9 nitrogen and oxygen atoms in total. The van der Waals surface area contributed by atoms with Crippen molar-refractivity contribution in [3.05, 3.63) is 40.3 Å². The molecule has 1 N–H and O–H groups in total. The number of halogens is 1. The van der Waals surface area contributed by atoms with Crippen molar-refractivity contribution in [1.82, 2.24) is 15.3 Å². The summed E-state index contributed by atoms with van der Waals surface area (Å²) in [4.78, 5) is 26.8. The zero-order valence-corrected chi connectivity index (χ0v) is 25.4. The van der Waals surface area contributed by atoms with Gasteiger partial charge in [-0.2, -0.15) is 5.26 Å². The second kappa shape index (κ2) is 11.3. The van der Waals surface area contributed by atoms with Crippen LogP contribution in [-0.2, 0) is 9.47 Å². The number of anilines is 3. The van der Waals surface area contributed by atoms with Gasteiger partial charge in [-0.15, -0.1) is 0 Å². The third-order valence-electron chi connectivity index (χ3n) is 8.00. The Morgan fingerprint density at radius 1 is 1.19 bits per heavy atom. The first-order valence-corrected chi connectivity index (χ1v) is 15.6. The lowest BCUT2D eigenvalue weighted by molar-refractivity contribution is 0.0496. The normalized spacial score (nSPS) is 18.0. The number of aromatic nitrogens is 2. The SMILES string of the molecule is CCN(c1nc(C2CCOCC2)c(C#N)s1)c1cc(C2CC2)nc2c(F)cc(N3CC(NC(=O)OC(C)(C)C)C3)cc12. The maximum absolute atomic E-state index is 15.8. The molecule has 1 saturated carbocycles. The summed E-state index contributed by atoms with van der Waals surface area (Å²) in [6, 6.07) is 7.90. The molecule has 6 rings (SSSR count). The van der Waals surface area contributed by atoms with E-state index >= 15 is 4.39 Å². The van der Waals surface area contributed by atoms with Crippen LogP contribution in [0.15, 0.2) is 18.2 Å². The number of thiazole rings is 1. The van der Waals surface area contributed by atoms with Crippen molar-refractivity contribution in [2.45, 2.75) is 76.9 Å². The van der Waals surface area contributed by atoms with E-state index in [1.165, 1.54) is 17.4 Å². The van der Waals surface area contributed by atoms with Crippen LogP contribution >= 0.6 is 11.3 Å². The van der Waals surface area contributed by atoms with Crippen molar-refractivity contribution in [2.75, 3.05) is 42.6 Å². The van der Waals surface area contributed by atoms with Crippen molar-refractivity contribution in [2.24, 2.45) is 0 Å². The Balaban J connectivity index is 1.33. The van der Waals surface area contributed by atoms with Crippen molar-refractivity contribution in [3.8, 4) is 6.07 Å². The Kier molecular flexibility index (Phi) is 7.70. The van der Waals surface area contributed by atoms with E-state index < -0.39 is 11.7 Å². The van der Waals surface area contributed by atoms with E-state index in [2.05, 4.69) is 22.4 Å². The molecule has 1 amide bonds. The minimum Gasteiger partial charge on any atom is -0.444 e. The lowest BCUT2D eigenvalue weighted by atomic mass is 9.96. The van der Waals surface area contributed by atoms with E-state index in [4.69, 9.17) is 19.4 Å². The maximum atomic E-state index is 15.8. The van der Waals surface area contributed by atoms with Crippen LogP contribution in [0.25, 0.3) is 10.9 Å². The van der Waals surface area contributed by atoms with E-state index in [0.29, 0.717) is 54.5 Å². The van der Waals surface area contributed by atoms with Gasteiger partial charge in [-0.05, 0) is 71.6 Å². The molecule has 0 radical (unpaired) electrons. The third kappa shape index (κ3) is 5.88. The van der Waals surface area contributed by atoms with Gasteiger partial charge in [-0.25, -0.2) is 19.2 Å². The summed E-state index contributed by atoms with van der Waals surface area (Å²) in [7, 11) is 0. The Labute approximate surface area is 249 Å². The molecule has 0 spiro atoms. The monoisotopic (exact) mass is 592 g/mol. The summed E-state index contributed by atoms with van der Waals surface area (Å²) in [5, 5.41) is 14.3. The van der Waals surface area contributed by atoms with E-state index in [-0.39, 0.29) is 17.8 Å². The number of amides is 1. The number of hydrogen-bond donors (Lipinski definition) is 1. The first kappa shape index (κ1) is 28.6. The van der Waals surface area contributed by atoms with Crippen LogP contribution in [0.2, 0.25) is 0 Å². The minimum atomic E-state index is -0.570. The molecule has 3 aromatic rings. The van der Waals surface area contributed by atoms with E-state index in [1.54, 1.807) is 0 Å². The topological polar surface area (TPSA) is 104 Å². The lowest BCUT2D eigenvalue weighted by Gasteiger charge is -2.41. The largest absolute Gasteiger partial charge is 0.444 e. The number of alkyl carbamates (subject to hydrolysis) is 1. The molecule has 0 bridgehead atoms. The fraction of sp³-hybridized carbons (Fsp3) is 0.548. The summed E-state index contributed by atoms with van der Waals surface area (Å²) >= 11 is 1.40. The second-order valence-corrected chi connectivity index (χ2v) is 13.3. The van der Waals surface area contributed by atoms with E-state index in [0.717, 1.165) is 53.6 Å². The first-order valence-electron chi connectivity index (χ1n) is 14.8. The highest BCUT2D eigenvalue weighted by Crippen LogP contribution is 2.45. The highest BCUT2D eigenvalue weighted by atomic mass is 32.1. The number of nitriles is 1. The van der Waals surface area contributed by atoms with Gasteiger partial charge in [0.2, 0.25) is 0 Å². The fourth-order valence-electron chi connectivity index (χ4n) is 5.69. The predicted molar refractivity (Wildman–Crippen MR) is 161 cm³/mol. The van der Waals surface area contributed by atoms with Crippen LogP contribution in [-0.4, -0.2) is 60.6 Å². The molecule has 3 aliphatic rings. The molecular weight excluding hydrogens is 555 g/mol. The zero-order chi connectivity index (χ0) is 29.6. The number of nitrogens with one attached hydrogen (secondary N) is 1. The smallest absolute Gasteiger partial charge is 0.407 e. The van der Waals surface area contributed by atoms with Crippen LogP contribution in [0.5, 0.6) is 0 Å². The average Bonchev–Trinajstić information content (AvgIpc) is 3.69. The number of benzene rings is 1. The van der Waals surface area contributed by atoms with Crippen molar-refractivity contribution < 1.29 is 18.7 Å². The number of nitrogens with zero attached hydrogens (tertiary/aromatic N) is 5. The minimum absolute atomic E-state index is 0.0797. The van der Waals surface area contributed by atoms with Gasteiger partial charge in [0.1, 0.15) is 22.1 Å². The Morgan fingerprint density at radius 2 is 1.93 bits per heavy atom. The van der Waals surface area contributed by atoms with Gasteiger partial charge in [0.15, 0.2) is 10.9 Å². The van der Waals surface area contributed by atoms with E-state index in [9.17, 15) is 10.1 Å². The van der Waals surface area contributed by atoms with Crippen LogP contribution in [0.1, 0.15) is 81.5 Å². The van der Waals surface area contributed by atoms with Gasteiger partial charge in [0.05, 0.1) is 17.4 Å². The molecule has 2 aromatic heterocycles. The zero-order valence-electron chi connectivity index (χ0n) is 24.6. The van der Waals surface area contributed by atoms with Gasteiger partial charge >= 0.3 is 6.09 Å². The number of carbonyl (C=O) groups excluding carboxylic acids is 1. The van der Waals surface area contributed by atoms with Crippen LogP contribution in [0.4, 0.5) is 25.7 Å². The molecule has 42 heavy (non-hydrogen) atoms. The second-order valence-electron chi connectivity index (χ2n) is 12.4. The number of rotatable bonds is 7. The molecule has 0 unspecified atom stereocenters. The average molecular weight is 593 g/mol. The molecule has 1 aliphatic carbocycles. The van der Waals surface area contributed by atoms with Gasteiger partial charge in [-0.3, -0.25) is 0 Å². The summed E-state index contributed by atoms with van der Waals surface area (Å²) < 4.78 is 26.7. The number of pyridine rings is 1. The maximum Gasteiger partial charge on any atom is 0.407 e. The van der Waals surface area contributed by atoms with Crippen molar-refractivity contribution in [3.63, 3.8) is 0 Å².